The number of hydrogen-bond acceptors (Lipinski definition) is 2. The van der Waals surface area contributed by atoms with Gasteiger partial charge < -0.3 is 0 Å². The molecule has 0 fully saturated rings. The fourth-order valence-corrected chi connectivity index (χ4v) is 0.361. The lowest BCUT2D eigenvalue weighted by Crippen LogP contribution is -1.97. The topological polar surface area (TPSA) is 43.1 Å². The maximum Gasteiger partial charge on any atom is 0.299 e. The number of nitrogens with zero attached hydrogens (tertiary/aromatic N) is 1. The van der Waals surface area contributed by atoms with Gasteiger partial charge in [-0.1, -0.05) is 6.58 Å². The molecule has 0 spiro atoms. The predicted octanol–water partition coefficient (Wildman–Crippen LogP) is 2.45. The fraction of sp³-hybridized carbons (Fsp3) is 0.143. The van der Waals surface area contributed by atoms with Crippen LogP contribution in [-0.2, 0) is 0 Å². The summed E-state index contributed by atoms with van der Waals surface area (Å²) in [5, 5.41) is 9.81. The van der Waals surface area contributed by atoms with Crippen molar-refractivity contribution >= 4 is 0 Å². The van der Waals surface area contributed by atoms with Crippen molar-refractivity contribution in [2.75, 3.05) is 0 Å². The van der Waals surface area contributed by atoms with E-state index in [0.29, 0.717) is 0 Å². The van der Waals surface area contributed by atoms with Gasteiger partial charge in [0.05, 0.1) is 4.92 Å². The third kappa shape index (κ3) is 5.02. The van der Waals surface area contributed by atoms with E-state index in [-0.39, 0.29) is 0 Å². The van der Waals surface area contributed by atoms with Crippen molar-refractivity contribution in [1.82, 2.24) is 0 Å². The summed E-state index contributed by atoms with van der Waals surface area (Å²) in [5.74, 6) is -1.01. The summed E-state index contributed by atoms with van der Waals surface area (Å²) in [6.45, 7) is 10.1. The van der Waals surface area contributed by atoms with Crippen molar-refractivity contribution in [3.05, 3.63) is 47.5 Å². The Morgan fingerprint density at radius 3 is 2.00 bits per heavy atom. The minimum Gasteiger partial charge on any atom is -0.258 e. The third-order valence-electron chi connectivity index (χ3n) is 0.748. The molecule has 11 heavy (non-hydrogen) atoms. The molecule has 0 radical (unpaired) electrons. The summed E-state index contributed by atoms with van der Waals surface area (Å²) in [7, 11) is 0. The Bertz CT molecular complexity index is 171. The van der Waals surface area contributed by atoms with Crippen LogP contribution in [0.15, 0.2) is 37.3 Å². The Balaban J connectivity index is 0. The highest BCUT2D eigenvalue weighted by molar-refractivity contribution is 5.13. The minimum absolute atomic E-state index is 0.574. The first-order valence-corrected chi connectivity index (χ1v) is 2.75. The van der Waals surface area contributed by atoms with E-state index in [1.807, 2.05) is 0 Å². The van der Waals surface area contributed by atoms with Crippen molar-refractivity contribution in [1.29, 1.82) is 0 Å². The summed E-state index contributed by atoms with van der Waals surface area (Å²) in [6, 6.07) is 0. The molecule has 0 aromatic rings. The Hall–Kier alpha value is -1.45. The number of allylic oxidation sites excluding steroid dienone is 2. The van der Waals surface area contributed by atoms with E-state index >= 15 is 0 Å². The largest absolute Gasteiger partial charge is 0.299 e. The van der Waals surface area contributed by atoms with Crippen molar-refractivity contribution < 1.29 is 9.31 Å². The van der Waals surface area contributed by atoms with Gasteiger partial charge >= 0.3 is 0 Å². The SMILES string of the molecule is C=C.C=C(F)/C(=C\C)[N+](=O)[O-]. The highest BCUT2D eigenvalue weighted by atomic mass is 19.1. The van der Waals surface area contributed by atoms with Crippen LogP contribution in [0.2, 0.25) is 0 Å². The average Bonchev–Trinajstić information content (AvgIpc) is 1.91. The zero-order chi connectivity index (χ0) is 9.44. The van der Waals surface area contributed by atoms with Crippen LogP contribution in [-0.4, -0.2) is 4.92 Å². The lowest BCUT2D eigenvalue weighted by atomic mass is 10.4. The van der Waals surface area contributed by atoms with Gasteiger partial charge in [0.2, 0.25) is 0 Å². The van der Waals surface area contributed by atoms with Crippen LogP contribution in [0.1, 0.15) is 6.92 Å². The van der Waals surface area contributed by atoms with Crippen molar-refractivity contribution in [2.24, 2.45) is 0 Å². The maximum atomic E-state index is 11.9. The van der Waals surface area contributed by atoms with Crippen molar-refractivity contribution in [2.45, 2.75) is 6.92 Å². The number of hydrogen-bond donors (Lipinski definition) is 0. The summed E-state index contributed by atoms with van der Waals surface area (Å²) in [4.78, 5) is 8.99. The number of rotatable bonds is 2. The van der Waals surface area contributed by atoms with Gasteiger partial charge in [-0.05, 0) is 13.0 Å². The predicted molar refractivity (Wildman–Crippen MR) is 42.3 cm³/mol. The van der Waals surface area contributed by atoms with E-state index in [1.54, 1.807) is 0 Å². The maximum absolute atomic E-state index is 11.9. The first-order chi connectivity index (χ1) is 5.09. The van der Waals surface area contributed by atoms with E-state index < -0.39 is 16.4 Å². The van der Waals surface area contributed by atoms with Gasteiger partial charge in [0.25, 0.3) is 5.70 Å². The van der Waals surface area contributed by atoms with Gasteiger partial charge in [-0.25, -0.2) is 4.39 Å². The lowest BCUT2D eigenvalue weighted by Gasteiger charge is -1.88. The number of halogens is 1. The molecule has 0 atom stereocenters. The molecule has 0 saturated carbocycles. The highest BCUT2D eigenvalue weighted by Gasteiger charge is 2.11. The van der Waals surface area contributed by atoms with E-state index in [1.165, 1.54) is 6.92 Å². The Morgan fingerprint density at radius 2 is 2.00 bits per heavy atom. The van der Waals surface area contributed by atoms with Gasteiger partial charge in [-0.2, -0.15) is 0 Å². The van der Waals surface area contributed by atoms with Crippen LogP contribution >= 0.6 is 0 Å². The molecule has 0 aromatic carbocycles. The molecular weight excluding hydrogens is 149 g/mol. The van der Waals surface area contributed by atoms with E-state index in [2.05, 4.69) is 19.7 Å². The molecule has 0 aromatic heterocycles. The molecule has 4 heteroatoms. The zero-order valence-corrected chi connectivity index (χ0v) is 6.34. The Kier molecular flexibility index (Phi) is 7.42. The molecule has 0 heterocycles. The molecule has 0 bridgehead atoms. The van der Waals surface area contributed by atoms with Crippen LogP contribution in [0.3, 0.4) is 0 Å². The summed E-state index contributed by atoms with van der Waals surface area (Å²) < 4.78 is 11.9. The van der Waals surface area contributed by atoms with Crippen molar-refractivity contribution in [3.8, 4) is 0 Å². The van der Waals surface area contributed by atoms with E-state index in [0.717, 1.165) is 6.08 Å². The molecule has 0 N–H and O–H groups in total. The van der Waals surface area contributed by atoms with Crippen LogP contribution in [0.4, 0.5) is 4.39 Å². The summed E-state index contributed by atoms with van der Waals surface area (Å²) >= 11 is 0. The molecule has 0 aliphatic heterocycles. The second-order valence-electron chi connectivity index (χ2n) is 1.34. The quantitative estimate of drug-likeness (QED) is 0.269. The number of nitro groups is 1. The Labute approximate surface area is 64.7 Å². The lowest BCUT2D eigenvalue weighted by molar-refractivity contribution is -0.422. The molecule has 0 amide bonds. The molecule has 0 unspecified atom stereocenters. The summed E-state index contributed by atoms with van der Waals surface area (Å²) in [5.41, 5.74) is -0.574. The summed E-state index contributed by atoms with van der Waals surface area (Å²) in [6.07, 6.45) is 1.06. The Morgan fingerprint density at radius 1 is 1.64 bits per heavy atom. The fourth-order valence-electron chi connectivity index (χ4n) is 0.361. The first kappa shape index (κ1) is 12.2. The van der Waals surface area contributed by atoms with Crippen LogP contribution in [0.5, 0.6) is 0 Å². The average molecular weight is 159 g/mol. The van der Waals surface area contributed by atoms with Gasteiger partial charge in [-0.15, -0.1) is 13.2 Å². The van der Waals surface area contributed by atoms with Gasteiger partial charge in [-0.3, -0.25) is 10.1 Å². The van der Waals surface area contributed by atoms with Gasteiger partial charge in [0.15, 0.2) is 5.83 Å². The molecule has 0 aliphatic carbocycles. The monoisotopic (exact) mass is 159 g/mol. The molecule has 62 valence electrons. The van der Waals surface area contributed by atoms with E-state index in [9.17, 15) is 14.5 Å². The standard InChI is InChI=1S/C5H6FNO2.C2H4/c1-3-5(4(2)6)7(8)9;1-2/h3H,2H2,1H3;1-2H2/b5-3+;. The molecule has 0 saturated heterocycles. The third-order valence-corrected chi connectivity index (χ3v) is 0.748. The first-order valence-electron chi connectivity index (χ1n) is 2.75. The normalized spacial score (nSPS) is 9.45. The van der Waals surface area contributed by atoms with Crippen LogP contribution < -0.4 is 0 Å². The van der Waals surface area contributed by atoms with Crippen molar-refractivity contribution in [3.63, 3.8) is 0 Å². The molecular formula is C7H10FNO2. The van der Waals surface area contributed by atoms with Gasteiger partial charge in [0.1, 0.15) is 0 Å². The van der Waals surface area contributed by atoms with E-state index in [4.69, 9.17) is 0 Å². The minimum atomic E-state index is -1.01. The van der Waals surface area contributed by atoms with Crippen LogP contribution in [0, 0.1) is 10.1 Å². The second kappa shape index (κ2) is 6.67. The smallest absolute Gasteiger partial charge is 0.258 e. The van der Waals surface area contributed by atoms with Gasteiger partial charge in [0, 0.05) is 0 Å². The highest BCUT2D eigenvalue weighted by Crippen LogP contribution is 2.07. The second-order valence-corrected chi connectivity index (χ2v) is 1.34. The molecule has 0 rings (SSSR count). The molecule has 3 nitrogen and oxygen atoms in total. The van der Waals surface area contributed by atoms with Crippen LogP contribution in [0.25, 0.3) is 0 Å². The molecule has 0 aliphatic rings. The zero-order valence-electron chi connectivity index (χ0n) is 6.34.